The van der Waals surface area contributed by atoms with E-state index in [0.29, 0.717) is 21.7 Å². The molecule has 0 spiro atoms. The highest BCUT2D eigenvalue weighted by Gasteiger charge is 2.59. The van der Waals surface area contributed by atoms with E-state index in [2.05, 4.69) is 73.6 Å². The molecule has 294 valence electrons. The van der Waals surface area contributed by atoms with E-state index in [-0.39, 0.29) is 12.2 Å². The summed E-state index contributed by atoms with van der Waals surface area (Å²) in [7, 11) is 1.93. The number of hydrogen-bond acceptors (Lipinski definition) is 5. The number of hydrogen-bond donors (Lipinski definition) is 3. The van der Waals surface area contributed by atoms with Gasteiger partial charge < -0.3 is 15.6 Å². The van der Waals surface area contributed by atoms with Gasteiger partial charge in [-0.15, -0.1) is 0 Å². The smallest absolute Gasteiger partial charge is 0.0577 e. The molecule has 1 aromatic rings. The van der Waals surface area contributed by atoms with Gasteiger partial charge >= 0.3 is 0 Å². The summed E-state index contributed by atoms with van der Waals surface area (Å²) in [6.07, 6.45) is 28.9. The van der Waals surface area contributed by atoms with Gasteiger partial charge in [-0.25, -0.2) is 0 Å². The van der Waals surface area contributed by atoms with Gasteiger partial charge in [0, 0.05) is 30.6 Å². The second-order valence-corrected chi connectivity index (χ2v) is 18.6. The molecule has 5 fully saturated rings. The van der Waals surface area contributed by atoms with E-state index in [9.17, 15) is 10.2 Å². The Balaban J connectivity index is 0.000000167. The van der Waals surface area contributed by atoms with Gasteiger partial charge in [-0.05, 0) is 165 Å². The molecular weight excluding hydrogens is 651 g/mol. The number of aliphatic hydroxyl groups excluding tert-OH is 2. The minimum Gasteiger partial charge on any atom is -0.393 e. The van der Waals surface area contributed by atoms with E-state index in [0.717, 1.165) is 61.2 Å². The Bertz CT molecular complexity index is 1550. The lowest BCUT2D eigenvalue weighted by atomic mass is 9.47. The number of pyridine rings is 1. The Hall–Kier alpha value is -2.24. The molecule has 53 heavy (non-hydrogen) atoms. The van der Waals surface area contributed by atoms with Crippen LogP contribution in [0.2, 0.25) is 0 Å². The van der Waals surface area contributed by atoms with E-state index >= 15 is 0 Å². The van der Waals surface area contributed by atoms with Crippen molar-refractivity contribution in [1.82, 2.24) is 10.4 Å². The molecule has 0 radical (unpaired) electrons. The predicted octanol–water partition coefficient (Wildman–Crippen LogP) is 11.3. The number of aliphatic hydroxyl groups is 2. The Labute approximate surface area is 323 Å². The van der Waals surface area contributed by atoms with Gasteiger partial charge in [0.25, 0.3) is 0 Å². The SMILES string of the molecule is CC.CC.CN/N=C1\CCC2C3CC=C4C[C@@H](O)CC[C@]4(C)C3CC[C@]12C.C[C@]12CC[C@H](O)CC1=CCC1C2CC[C@]2(C)C(c3cccnc3)=CCC12. The zero-order valence-electron chi connectivity index (χ0n) is 35.1. The molecule has 8 aliphatic rings. The fraction of sp³-hybridized carbons (Fsp3) is 0.750. The third-order valence-electron chi connectivity index (χ3n) is 16.7. The van der Waals surface area contributed by atoms with Crippen molar-refractivity contribution >= 4 is 11.3 Å². The van der Waals surface area contributed by atoms with Crippen LogP contribution in [0.3, 0.4) is 0 Å². The van der Waals surface area contributed by atoms with Crippen molar-refractivity contribution in [2.24, 2.45) is 62.3 Å². The molecule has 0 aliphatic heterocycles. The summed E-state index contributed by atoms with van der Waals surface area (Å²) in [5.41, 5.74) is 11.8. The quantitative estimate of drug-likeness (QED) is 0.210. The fourth-order valence-corrected chi connectivity index (χ4v) is 13.9. The molecule has 5 heteroatoms. The average Bonchev–Trinajstić information content (AvgIpc) is 3.71. The summed E-state index contributed by atoms with van der Waals surface area (Å²) in [4.78, 5) is 4.38. The van der Waals surface area contributed by atoms with E-state index < -0.39 is 0 Å². The van der Waals surface area contributed by atoms with Crippen molar-refractivity contribution in [2.75, 3.05) is 7.05 Å². The Kier molecular flexibility index (Phi) is 12.3. The zero-order valence-corrected chi connectivity index (χ0v) is 35.1. The predicted molar refractivity (Wildman–Crippen MR) is 222 cm³/mol. The first-order valence-corrected chi connectivity index (χ1v) is 22.1. The molecule has 3 N–H and O–H groups in total. The molecule has 6 unspecified atom stereocenters. The van der Waals surface area contributed by atoms with Crippen molar-refractivity contribution < 1.29 is 10.2 Å². The summed E-state index contributed by atoms with van der Waals surface area (Å²) < 4.78 is 0. The lowest BCUT2D eigenvalue weighted by Crippen LogP contribution is -2.50. The van der Waals surface area contributed by atoms with Gasteiger partial charge in [0.15, 0.2) is 0 Å². The van der Waals surface area contributed by atoms with Crippen LogP contribution in [-0.2, 0) is 0 Å². The third-order valence-corrected chi connectivity index (χ3v) is 16.7. The highest BCUT2D eigenvalue weighted by molar-refractivity contribution is 5.92. The number of fused-ring (bicyclic) bond motifs is 10. The number of hydrazone groups is 1. The molecule has 9 rings (SSSR count). The summed E-state index contributed by atoms with van der Waals surface area (Å²) in [6.45, 7) is 18.0. The molecule has 1 heterocycles. The van der Waals surface area contributed by atoms with Gasteiger partial charge in [-0.2, -0.15) is 5.10 Å². The van der Waals surface area contributed by atoms with E-state index in [1.165, 1.54) is 81.9 Å². The maximum absolute atomic E-state index is 10.2. The largest absolute Gasteiger partial charge is 0.393 e. The molecule has 0 bridgehead atoms. The molecule has 5 saturated carbocycles. The first kappa shape index (κ1) is 40.4. The summed E-state index contributed by atoms with van der Waals surface area (Å²) in [5, 5.41) is 24.9. The normalized spacial score (nSPS) is 44.1. The topological polar surface area (TPSA) is 77.7 Å². The molecular formula is C48H75N3O2. The summed E-state index contributed by atoms with van der Waals surface area (Å²) in [6, 6.07) is 4.31. The monoisotopic (exact) mass is 726 g/mol. The fourth-order valence-electron chi connectivity index (χ4n) is 13.9. The second-order valence-electron chi connectivity index (χ2n) is 18.6. The first-order valence-electron chi connectivity index (χ1n) is 22.1. The second kappa shape index (κ2) is 16.1. The van der Waals surface area contributed by atoms with Crippen molar-refractivity contribution in [3.8, 4) is 0 Å². The highest BCUT2D eigenvalue weighted by Crippen LogP contribution is 2.67. The minimum absolute atomic E-state index is 0.0967. The standard InChI is InChI=1S/C24H31NO.C20H32N2O.2C2H6/c1-23-11-9-18(26)14-17(23)5-6-19-21-8-7-20(16-4-3-13-25-15-16)24(21,2)12-10-22(19)23;1-19-10-8-14(23)12-13(19)4-5-15-16-6-7-18(22-21-3)20(16,2)11-9-17(15)19;2*1-2/h3-5,7,13,15,18-19,21-22,26H,6,8-12,14H2,1-2H3;4,14-17,21,23H,5-12H2,1-3H3;2*1-2H3/b;22-18+;;/t18-,19?,21?,22?,23-,24+;14-,15?,16?,17?,19-,20-;;/m00../s1. The van der Waals surface area contributed by atoms with Gasteiger partial charge in [0.05, 0.1) is 12.2 Å². The number of aromatic nitrogens is 1. The van der Waals surface area contributed by atoms with E-state index in [4.69, 9.17) is 0 Å². The van der Waals surface area contributed by atoms with Crippen molar-refractivity contribution in [3.05, 3.63) is 59.5 Å². The lowest BCUT2D eigenvalue weighted by Gasteiger charge is -2.57. The van der Waals surface area contributed by atoms with Crippen LogP contribution >= 0.6 is 0 Å². The molecule has 0 saturated heterocycles. The highest BCUT2D eigenvalue weighted by atomic mass is 16.3. The lowest BCUT2D eigenvalue weighted by molar-refractivity contribution is -0.0238. The van der Waals surface area contributed by atoms with Crippen molar-refractivity contribution in [2.45, 2.75) is 164 Å². The van der Waals surface area contributed by atoms with Crippen LogP contribution in [-0.4, -0.2) is 40.2 Å². The average molecular weight is 726 g/mol. The number of nitrogens with one attached hydrogen (secondary N) is 1. The number of allylic oxidation sites excluding steroid dienone is 4. The van der Waals surface area contributed by atoms with Crippen LogP contribution < -0.4 is 5.43 Å². The van der Waals surface area contributed by atoms with Gasteiger partial charge in [0.1, 0.15) is 0 Å². The van der Waals surface area contributed by atoms with Crippen LogP contribution in [0.5, 0.6) is 0 Å². The molecule has 12 atom stereocenters. The Morgan fingerprint density at radius 1 is 0.660 bits per heavy atom. The maximum atomic E-state index is 10.2. The molecule has 0 aromatic carbocycles. The van der Waals surface area contributed by atoms with Gasteiger partial charge in [-0.1, -0.05) is 90.8 Å². The third kappa shape index (κ3) is 6.85. The molecule has 5 nitrogen and oxygen atoms in total. The van der Waals surface area contributed by atoms with Gasteiger partial charge in [-0.3, -0.25) is 4.98 Å². The summed E-state index contributed by atoms with van der Waals surface area (Å²) >= 11 is 0. The Morgan fingerprint density at radius 2 is 1.19 bits per heavy atom. The number of rotatable bonds is 2. The molecule has 8 aliphatic carbocycles. The van der Waals surface area contributed by atoms with Crippen LogP contribution in [0.4, 0.5) is 0 Å². The van der Waals surface area contributed by atoms with E-state index in [1.54, 1.807) is 16.7 Å². The van der Waals surface area contributed by atoms with Crippen LogP contribution in [0.15, 0.2) is 59.0 Å². The van der Waals surface area contributed by atoms with Crippen molar-refractivity contribution in [1.29, 1.82) is 0 Å². The Morgan fingerprint density at radius 3 is 1.74 bits per heavy atom. The molecule has 1 aromatic heterocycles. The van der Waals surface area contributed by atoms with Gasteiger partial charge in [0.2, 0.25) is 0 Å². The van der Waals surface area contributed by atoms with Crippen LogP contribution in [0, 0.1) is 57.2 Å². The van der Waals surface area contributed by atoms with Crippen molar-refractivity contribution in [3.63, 3.8) is 0 Å². The van der Waals surface area contributed by atoms with Crippen LogP contribution in [0.1, 0.15) is 157 Å². The van der Waals surface area contributed by atoms with E-state index in [1.807, 2.05) is 47.1 Å². The zero-order chi connectivity index (χ0) is 38.2. The summed E-state index contributed by atoms with van der Waals surface area (Å²) in [5.74, 6) is 4.80. The number of nitrogens with zero attached hydrogens (tertiary/aromatic N) is 2. The minimum atomic E-state index is -0.106. The molecule has 0 amide bonds. The van der Waals surface area contributed by atoms with Crippen LogP contribution in [0.25, 0.3) is 5.57 Å². The maximum Gasteiger partial charge on any atom is 0.0577 e. The first-order chi connectivity index (χ1) is 25.5.